The molecule has 3 atom stereocenters. The third-order valence-electron chi connectivity index (χ3n) is 4.91. The molecule has 0 fully saturated rings. The Bertz CT molecular complexity index is 801. The molecule has 3 rings (SSSR count). The van der Waals surface area contributed by atoms with Crippen LogP contribution >= 0.6 is 15.9 Å². The van der Waals surface area contributed by atoms with Crippen molar-refractivity contribution in [2.45, 2.75) is 24.0 Å². The molecule has 0 aliphatic heterocycles. The van der Waals surface area contributed by atoms with Crippen molar-refractivity contribution in [3.63, 3.8) is 0 Å². The van der Waals surface area contributed by atoms with Crippen LogP contribution in [-0.4, -0.2) is 31.4 Å². The van der Waals surface area contributed by atoms with Gasteiger partial charge in [0, 0.05) is 23.1 Å². The highest BCUT2D eigenvalue weighted by atomic mass is 79.9. The van der Waals surface area contributed by atoms with Crippen molar-refractivity contribution < 1.29 is 19.4 Å². The van der Waals surface area contributed by atoms with Crippen molar-refractivity contribution in [2.24, 2.45) is 0 Å². The van der Waals surface area contributed by atoms with Crippen LogP contribution in [0.4, 0.5) is 0 Å². The van der Waals surface area contributed by atoms with Crippen LogP contribution in [0, 0.1) is 0 Å². The summed E-state index contributed by atoms with van der Waals surface area (Å²) in [5.74, 6) is -0.706. The maximum absolute atomic E-state index is 12.4. The van der Waals surface area contributed by atoms with Crippen LogP contribution in [0.5, 0.6) is 0 Å². The van der Waals surface area contributed by atoms with Crippen molar-refractivity contribution in [2.75, 3.05) is 14.2 Å². The molecule has 2 aromatic rings. The number of carbonyl (C=O) groups excluding carboxylic acids is 1. The average molecular weight is 417 g/mol. The first-order valence-electron chi connectivity index (χ1n) is 8.35. The van der Waals surface area contributed by atoms with Crippen LogP contribution in [0.2, 0.25) is 0 Å². The predicted octanol–water partition coefficient (Wildman–Crippen LogP) is 3.94. The van der Waals surface area contributed by atoms with Crippen molar-refractivity contribution >= 4 is 21.9 Å². The number of methoxy groups -OCH3 is 2. The molecule has 5 heteroatoms. The normalized spacial score (nSPS) is 25.5. The molecule has 0 spiro atoms. The van der Waals surface area contributed by atoms with Crippen LogP contribution in [0.15, 0.2) is 70.7 Å². The summed E-state index contributed by atoms with van der Waals surface area (Å²) in [5, 5.41) is 11.5. The molecule has 136 valence electrons. The fraction of sp³-hybridized carbons (Fsp3) is 0.286. The number of halogens is 1. The van der Waals surface area contributed by atoms with Crippen LogP contribution in [-0.2, 0) is 19.9 Å². The van der Waals surface area contributed by atoms with Gasteiger partial charge in [-0.3, -0.25) is 0 Å². The van der Waals surface area contributed by atoms with E-state index in [1.807, 2.05) is 54.6 Å². The minimum atomic E-state index is -1.24. The number of carbonyl (C=O) groups is 1. The van der Waals surface area contributed by atoms with E-state index in [0.717, 1.165) is 15.6 Å². The number of hydrogen-bond acceptors (Lipinski definition) is 4. The summed E-state index contributed by atoms with van der Waals surface area (Å²) in [6.45, 7) is 0. The number of ether oxygens (including phenoxy) is 2. The Morgan fingerprint density at radius 3 is 2.35 bits per heavy atom. The van der Waals surface area contributed by atoms with Gasteiger partial charge >= 0.3 is 5.97 Å². The van der Waals surface area contributed by atoms with Gasteiger partial charge in [-0.25, -0.2) is 4.79 Å². The van der Waals surface area contributed by atoms with Gasteiger partial charge in [0.05, 0.1) is 7.11 Å². The zero-order valence-corrected chi connectivity index (χ0v) is 16.3. The molecule has 1 aliphatic carbocycles. The lowest BCUT2D eigenvalue weighted by molar-refractivity contribution is -0.138. The molecule has 0 unspecified atom stereocenters. The lowest BCUT2D eigenvalue weighted by Crippen LogP contribution is -2.45. The summed E-state index contributed by atoms with van der Waals surface area (Å²) >= 11 is 3.43. The molecule has 0 saturated heterocycles. The molecule has 0 radical (unpaired) electrons. The van der Waals surface area contributed by atoms with Crippen molar-refractivity contribution in [3.8, 4) is 0 Å². The molecule has 0 amide bonds. The first-order valence-corrected chi connectivity index (χ1v) is 9.15. The van der Waals surface area contributed by atoms with Gasteiger partial charge in [0.15, 0.2) is 0 Å². The van der Waals surface area contributed by atoms with Gasteiger partial charge in [0.1, 0.15) is 11.7 Å². The Hall–Kier alpha value is -1.95. The summed E-state index contributed by atoms with van der Waals surface area (Å²) in [6.07, 6.45) is 1.36. The number of hydrogen-bond donors (Lipinski definition) is 1. The quantitative estimate of drug-likeness (QED) is 0.766. The van der Waals surface area contributed by atoms with E-state index >= 15 is 0 Å². The van der Waals surface area contributed by atoms with Gasteiger partial charge in [0.2, 0.25) is 0 Å². The minimum Gasteiger partial charge on any atom is -0.466 e. The second-order valence-corrected chi connectivity index (χ2v) is 7.28. The maximum Gasteiger partial charge on any atom is 0.334 e. The van der Waals surface area contributed by atoms with Gasteiger partial charge in [-0.2, -0.15) is 0 Å². The van der Waals surface area contributed by atoms with Gasteiger partial charge in [-0.1, -0.05) is 58.4 Å². The van der Waals surface area contributed by atoms with E-state index in [2.05, 4.69) is 15.9 Å². The smallest absolute Gasteiger partial charge is 0.334 e. The zero-order valence-electron chi connectivity index (χ0n) is 14.7. The number of aliphatic hydroxyl groups is 1. The molecule has 0 heterocycles. The molecule has 0 bridgehead atoms. The second-order valence-electron chi connectivity index (χ2n) is 6.37. The van der Waals surface area contributed by atoms with Gasteiger partial charge in [-0.05, 0) is 35.8 Å². The molecule has 0 aromatic heterocycles. The SMILES string of the molecule is COC(=O)C1=C[C@@H](OC)[C@@](O)(c2ccccc2)C[C@H]1c1ccc(Br)cc1. The van der Waals surface area contributed by atoms with Crippen molar-refractivity contribution in [3.05, 3.63) is 81.8 Å². The zero-order chi connectivity index (χ0) is 18.7. The Morgan fingerprint density at radius 1 is 1.12 bits per heavy atom. The van der Waals surface area contributed by atoms with Crippen LogP contribution in [0.3, 0.4) is 0 Å². The summed E-state index contributed by atoms with van der Waals surface area (Å²) in [5.41, 5.74) is 0.954. The minimum absolute atomic E-state index is 0.299. The summed E-state index contributed by atoms with van der Waals surface area (Å²) < 4.78 is 11.5. The van der Waals surface area contributed by atoms with Crippen molar-refractivity contribution in [1.82, 2.24) is 0 Å². The number of rotatable bonds is 4. The summed E-state index contributed by atoms with van der Waals surface area (Å²) in [7, 11) is 2.89. The monoisotopic (exact) mass is 416 g/mol. The summed E-state index contributed by atoms with van der Waals surface area (Å²) in [6, 6.07) is 17.2. The highest BCUT2D eigenvalue weighted by molar-refractivity contribution is 9.10. The predicted molar refractivity (Wildman–Crippen MR) is 103 cm³/mol. The molecular weight excluding hydrogens is 396 g/mol. The van der Waals surface area contributed by atoms with Crippen LogP contribution in [0.1, 0.15) is 23.5 Å². The highest BCUT2D eigenvalue weighted by Crippen LogP contribution is 2.45. The van der Waals surface area contributed by atoms with E-state index in [1.54, 1.807) is 6.08 Å². The van der Waals surface area contributed by atoms with E-state index in [1.165, 1.54) is 14.2 Å². The average Bonchev–Trinajstić information content (AvgIpc) is 2.68. The Labute approximate surface area is 161 Å². The lowest BCUT2D eigenvalue weighted by Gasteiger charge is -2.41. The van der Waals surface area contributed by atoms with Gasteiger partial charge < -0.3 is 14.6 Å². The second kappa shape index (κ2) is 7.74. The molecule has 0 saturated carbocycles. The fourth-order valence-corrected chi connectivity index (χ4v) is 3.81. The Kier molecular flexibility index (Phi) is 5.61. The number of esters is 1. The Balaban J connectivity index is 2.12. The van der Waals surface area contributed by atoms with Crippen LogP contribution in [0.25, 0.3) is 0 Å². The van der Waals surface area contributed by atoms with E-state index < -0.39 is 17.7 Å². The third-order valence-corrected chi connectivity index (χ3v) is 5.44. The third kappa shape index (κ3) is 3.47. The molecule has 2 aromatic carbocycles. The van der Waals surface area contributed by atoms with Gasteiger partial charge in [0.25, 0.3) is 0 Å². The molecule has 1 aliphatic rings. The lowest BCUT2D eigenvalue weighted by atomic mass is 9.70. The van der Waals surface area contributed by atoms with E-state index in [9.17, 15) is 9.90 Å². The fourth-order valence-electron chi connectivity index (χ4n) is 3.55. The molecule has 26 heavy (non-hydrogen) atoms. The molecule has 1 N–H and O–H groups in total. The van der Waals surface area contributed by atoms with Crippen LogP contribution < -0.4 is 0 Å². The van der Waals surface area contributed by atoms with E-state index in [4.69, 9.17) is 9.47 Å². The van der Waals surface area contributed by atoms with E-state index in [-0.39, 0.29) is 5.92 Å². The topological polar surface area (TPSA) is 55.8 Å². The summed E-state index contributed by atoms with van der Waals surface area (Å²) in [4.78, 5) is 12.4. The largest absolute Gasteiger partial charge is 0.466 e. The first-order chi connectivity index (χ1) is 12.5. The number of benzene rings is 2. The van der Waals surface area contributed by atoms with Crippen molar-refractivity contribution in [1.29, 1.82) is 0 Å². The molecular formula is C21H21BrO4. The highest BCUT2D eigenvalue weighted by Gasteiger charge is 2.46. The first kappa shape index (κ1) is 18.8. The maximum atomic E-state index is 12.4. The van der Waals surface area contributed by atoms with Gasteiger partial charge in [-0.15, -0.1) is 0 Å². The van der Waals surface area contributed by atoms with E-state index in [0.29, 0.717) is 12.0 Å². The molecule has 4 nitrogen and oxygen atoms in total. The standard InChI is InChI=1S/C21H21BrO4/c1-25-19-12-17(20(23)26-2)18(14-8-10-16(22)11-9-14)13-21(19,24)15-6-4-3-5-7-15/h3-12,18-19,24H,13H2,1-2H3/t18-,19+,21-/m0/s1. The Morgan fingerprint density at radius 2 is 1.77 bits per heavy atom.